The van der Waals surface area contributed by atoms with Gasteiger partial charge >= 0.3 is 5.97 Å². The van der Waals surface area contributed by atoms with Gasteiger partial charge < -0.3 is 9.52 Å². The number of aliphatic imine (C=N–C) groups is 1. The molecule has 1 atom stereocenters. The van der Waals surface area contributed by atoms with Gasteiger partial charge in [0.1, 0.15) is 11.5 Å². The van der Waals surface area contributed by atoms with Crippen LogP contribution in [0.4, 0.5) is 5.69 Å². The Morgan fingerprint density at radius 2 is 1.94 bits per heavy atom. The van der Waals surface area contributed by atoms with Gasteiger partial charge in [0.05, 0.1) is 21.2 Å². The number of carbonyl (C=O) groups is 2. The van der Waals surface area contributed by atoms with Gasteiger partial charge in [-0.2, -0.15) is 0 Å². The second-order valence-corrected chi connectivity index (χ2v) is 9.39. The number of aromatic carboxylic acids is 1. The Labute approximate surface area is 206 Å². The molecule has 1 amide bonds. The summed E-state index contributed by atoms with van der Waals surface area (Å²) in [6.07, 6.45) is 2.48. The molecule has 6 nitrogen and oxygen atoms in total. The number of rotatable bonds is 6. The Bertz CT molecular complexity index is 1310. The van der Waals surface area contributed by atoms with Crippen molar-refractivity contribution >= 4 is 52.2 Å². The first-order valence-corrected chi connectivity index (χ1v) is 12.0. The molecule has 2 heterocycles. The molecule has 1 saturated heterocycles. The van der Waals surface area contributed by atoms with E-state index in [0.29, 0.717) is 27.2 Å². The largest absolute Gasteiger partial charge is 0.478 e. The highest BCUT2D eigenvalue weighted by atomic mass is 35.5. The number of hydrogen-bond acceptors (Lipinski definition) is 5. The topological polar surface area (TPSA) is 83.1 Å². The van der Waals surface area contributed by atoms with Crippen LogP contribution in [0.25, 0.3) is 17.4 Å². The lowest BCUT2D eigenvalue weighted by Gasteiger charge is -2.22. The van der Waals surface area contributed by atoms with Crippen LogP contribution in [-0.2, 0) is 4.79 Å². The average molecular weight is 495 g/mol. The fourth-order valence-electron chi connectivity index (χ4n) is 3.42. The van der Waals surface area contributed by atoms with Crippen molar-refractivity contribution in [3.63, 3.8) is 0 Å². The van der Waals surface area contributed by atoms with Crippen molar-refractivity contribution in [3.8, 4) is 11.3 Å². The van der Waals surface area contributed by atoms with Crippen molar-refractivity contribution in [1.29, 1.82) is 0 Å². The van der Waals surface area contributed by atoms with Crippen molar-refractivity contribution in [2.75, 3.05) is 0 Å². The van der Waals surface area contributed by atoms with Crippen LogP contribution >= 0.6 is 23.4 Å². The van der Waals surface area contributed by atoms with Crippen LogP contribution in [0.2, 0.25) is 5.02 Å². The third-order valence-electron chi connectivity index (χ3n) is 5.51. The zero-order valence-electron chi connectivity index (χ0n) is 18.9. The fraction of sp³-hybridized carbons (Fsp3) is 0.192. The van der Waals surface area contributed by atoms with E-state index in [4.69, 9.17) is 21.0 Å². The number of benzene rings is 2. The molecular formula is C26H23ClN2O4S. The summed E-state index contributed by atoms with van der Waals surface area (Å²) in [5.41, 5.74) is 2.51. The highest BCUT2D eigenvalue weighted by Gasteiger charge is 2.36. The van der Waals surface area contributed by atoms with Crippen molar-refractivity contribution in [3.05, 3.63) is 81.4 Å². The highest BCUT2D eigenvalue weighted by molar-refractivity contribution is 8.18. The zero-order valence-corrected chi connectivity index (χ0v) is 20.5. The van der Waals surface area contributed by atoms with E-state index < -0.39 is 5.97 Å². The molecule has 4 rings (SSSR count). The minimum absolute atomic E-state index is 0.00171. The average Bonchev–Trinajstić information content (AvgIpc) is 3.40. The molecule has 1 aliphatic heterocycles. The van der Waals surface area contributed by atoms with Gasteiger partial charge in [-0.25, -0.2) is 9.79 Å². The molecule has 1 fully saturated rings. The molecule has 0 unspecified atom stereocenters. The molecular weight excluding hydrogens is 472 g/mol. The minimum Gasteiger partial charge on any atom is -0.478 e. The summed E-state index contributed by atoms with van der Waals surface area (Å²) >= 11 is 7.28. The Hall–Kier alpha value is -3.29. The third kappa shape index (κ3) is 4.95. The molecule has 174 valence electrons. The number of halogens is 1. The maximum Gasteiger partial charge on any atom is 0.337 e. The first-order valence-electron chi connectivity index (χ1n) is 10.8. The number of carbonyl (C=O) groups excluding carboxylic acids is 1. The molecule has 0 aliphatic carbocycles. The van der Waals surface area contributed by atoms with E-state index in [9.17, 15) is 14.7 Å². The number of aryl methyl sites for hydroxylation is 1. The van der Waals surface area contributed by atoms with E-state index >= 15 is 0 Å². The van der Waals surface area contributed by atoms with Crippen molar-refractivity contribution in [1.82, 2.24) is 4.90 Å². The maximum absolute atomic E-state index is 13.2. The summed E-state index contributed by atoms with van der Waals surface area (Å²) in [7, 11) is 0. The van der Waals surface area contributed by atoms with Crippen LogP contribution in [0.15, 0.2) is 68.9 Å². The van der Waals surface area contributed by atoms with E-state index in [-0.39, 0.29) is 22.5 Å². The highest BCUT2D eigenvalue weighted by Crippen LogP contribution is 2.37. The van der Waals surface area contributed by atoms with Crippen LogP contribution in [0.1, 0.15) is 41.9 Å². The summed E-state index contributed by atoms with van der Waals surface area (Å²) in [5.74, 6) is -0.269. The first-order chi connectivity index (χ1) is 16.3. The standard InChI is InChI=1S/C26H23ClN2O4S/c1-4-16(3)29-24(30)23(34-26(29)28-18-8-5-15(2)6-9-18)14-19-10-12-22(33-19)17-7-11-21(27)20(13-17)25(31)32/h5-14,16H,4H2,1-3H3,(H,31,32)/b23-14+,28-26?/t16-/m0/s1. The molecule has 8 heteroatoms. The Balaban J connectivity index is 1.65. The number of carboxylic acids is 1. The molecule has 2 aromatic carbocycles. The van der Waals surface area contributed by atoms with Crippen LogP contribution in [0.3, 0.4) is 0 Å². The summed E-state index contributed by atoms with van der Waals surface area (Å²) < 4.78 is 5.91. The maximum atomic E-state index is 13.2. The van der Waals surface area contributed by atoms with Crippen molar-refractivity contribution in [2.24, 2.45) is 4.99 Å². The molecule has 1 aliphatic rings. The van der Waals surface area contributed by atoms with Crippen molar-refractivity contribution < 1.29 is 19.1 Å². The molecule has 1 N–H and O–H groups in total. The SMILES string of the molecule is CC[C@H](C)N1C(=O)/C(=C\c2ccc(-c3ccc(Cl)c(C(=O)O)c3)o2)SC1=Nc1ccc(C)cc1. The van der Waals surface area contributed by atoms with Crippen LogP contribution < -0.4 is 0 Å². The Morgan fingerprint density at radius 3 is 2.62 bits per heavy atom. The monoisotopic (exact) mass is 494 g/mol. The van der Waals surface area contributed by atoms with Gasteiger partial charge in [0.15, 0.2) is 5.17 Å². The second kappa shape index (κ2) is 9.91. The predicted molar refractivity (Wildman–Crippen MR) is 137 cm³/mol. The Morgan fingerprint density at radius 1 is 1.21 bits per heavy atom. The normalized spacial score (nSPS) is 17.1. The lowest BCUT2D eigenvalue weighted by Crippen LogP contribution is -2.36. The molecule has 0 spiro atoms. The third-order valence-corrected chi connectivity index (χ3v) is 6.82. The van der Waals surface area contributed by atoms with Gasteiger partial charge in [0, 0.05) is 17.7 Å². The van der Waals surface area contributed by atoms with Crippen LogP contribution in [-0.4, -0.2) is 33.1 Å². The summed E-state index contributed by atoms with van der Waals surface area (Å²) in [4.78, 5) is 31.6. The molecule has 34 heavy (non-hydrogen) atoms. The number of amides is 1. The van der Waals surface area contributed by atoms with E-state index in [1.54, 1.807) is 29.2 Å². The molecule has 0 saturated carbocycles. The molecule has 0 bridgehead atoms. The van der Waals surface area contributed by atoms with E-state index in [0.717, 1.165) is 17.7 Å². The lowest BCUT2D eigenvalue weighted by atomic mass is 10.1. The van der Waals surface area contributed by atoms with Gasteiger partial charge in [-0.15, -0.1) is 0 Å². The number of nitrogens with zero attached hydrogens (tertiary/aromatic N) is 2. The number of hydrogen-bond donors (Lipinski definition) is 1. The number of carboxylic acid groups (broad SMARTS) is 1. The van der Waals surface area contributed by atoms with Crippen LogP contribution in [0, 0.1) is 6.92 Å². The Kier molecular flexibility index (Phi) is 6.95. The summed E-state index contributed by atoms with van der Waals surface area (Å²) in [6.45, 7) is 6.04. The predicted octanol–water partition coefficient (Wildman–Crippen LogP) is 7.01. The van der Waals surface area contributed by atoms with Gasteiger partial charge in [-0.1, -0.05) is 36.2 Å². The lowest BCUT2D eigenvalue weighted by molar-refractivity contribution is -0.123. The number of furan rings is 1. The van der Waals surface area contributed by atoms with Gasteiger partial charge in [0.25, 0.3) is 5.91 Å². The van der Waals surface area contributed by atoms with E-state index in [2.05, 4.69) is 0 Å². The smallest absolute Gasteiger partial charge is 0.337 e. The second-order valence-electron chi connectivity index (χ2n) is 7.97. The molecule has 0 radical (unpaired) electrons. The van der Waals surface area contributed by atoms with E-state index in [1.807, 2.05) is 45.0 Å². The molecule has 3 aromatic rings. The van der Waals surface area contributed by atoms with E-state index in [1.165, 1.54) is 23.9 Å². The summed E-state index contributed by atoms with van der Waals surface area (Å²) in [6, 6.07) is 16.0. The quantitative estimate of drug-likeness (QED) is 0.372. The van der Waals surface area contributed by atoms with Gasteiger partial charge in [0.2, 0.25) is 0 Å². The molecule has 1 aromatic heterocycles. The van der Waals surface area contributed by atoms with Crippen LogP contribution in [0.5, 0.6) is 0 Å². The summed E-state index contributed by atoms with van der Waals surface area (Å²) in [5, 5.41) is 10.1. The van der Waals surface area contributed by atoms with Crippen molar-refractivity contribution in [2.45, 2.75) is 33.2 Å². The van der Waals surface area contributed by atoms with Gasteiger partial charge in [-0.05, 0) is 74.5 Å². The minimum atomic E-state index is -1.11. The fourth-order valence-corrected chi connectivity index (χ4v) is 4.69. The number of thioether (sulfide) groups is 1. The number of amidine groups is 1. The first kappa shape index (κ1) is 23.9. The van der Waals surface area contributed by atoms with Gasteiger partial charge in [-0.3, -0.25) is 9.69 Å². The zero-order chi connectivity index (χ0) is 24.4.